The summed E-state index contributed by atoms with van der Waals surface area (Å²) in [4.78, 5) is 11.6. The van der Waals surface area contributed by atoms with Gasteiger partial charge < -0.3 is 4.74 Å². The van der Waals surface area contributed by atoms with Gasteiger partial charge in [-0.05, 0) is 24.3 Å². The molecule has 0 radical (unpaired) electrons. The van der Waals surface area contributed by atoms with E-state index in [-0.39, 0.29) is 28.7 Å². The minimum atomic E-state index is -0.577. The van der Waals surface area contributed by atoms with Crippen LogP contribution in [0.5, 0.6) is 0 Å². The Labute approximate surface area is 131 Å². The van der Waals surface area contributed by atoms with Crippen LogP contribution in [0.1, 0.15) is 28.5 Å². The van der Waals surface area contributed by atoms with Crippen molar-refractivity contribution in [2.75, 3.05) is 7.11 Å². The fourth-order valence-electron chi connectivity index (χ4n) is 1.93. The molecule has 0 aliphatic carbocycles. The van der Waals surface area contributed by atoms with Crippen LogP contribution in [0.25, 0.3) is 6.08 Å². The van der Waals surface area contributed by atoms with Crippen LogP contribution in [-0.2, 0) is 11.3 Å². The predicted octanol–water partition coefficient (Wildman–Crippen LogP) is 3.68. The van der Waals surface area contributed by atoms with Crippen LogP contribution in [0.4, 0.5) is 8.78 Å². The molecule has 0 spiro atoms. The lowest BCUT2D eigenvalue weighted by Crippen LogP contribution is -2.06. The standard InChI is InChI=1S/C15H13ClF2N2O2/c1-9(21)14-12(5-6-22-2)15(16)20(19-14)8-10-7-11(17)3-4-13(10)18/h3-7H,8H2,1-2H3. The summed E-state index contributed by atoms with van der Waals surface area (Å²) in [5.74, 6) is -1.44. The summed E-state index contributed by atoms with van der Waals surface area (Å²) in [6, 6.07) is 3.11. The van der Waals surface area contributed by atoms with Crippen LogP contribution in [0.15, 0.2) is 24.5 Å². The maximum Gasteiger partial charge on any atom is 0.180 e. The SMILES string of the molecule is COC=Cc1c(C(C)=O)nn(Cc2cc(F)ccc2F)c1Cl. The molecule has 1 aromatic heterocycles. The summed E-state index contributed by atoms with van der Waals surface area (Å²) in [5.41, 5.74) is 0.588. The van der Waals surface area contributed by atoms with E-state index in [2.05, 4.69) is 5.10 Å². The molecule has 0 N–H and O–H groups in total. The number of carbonyl (C=O) groups excluding carboxylic acids is 1. The lowest BCUT2D eigenvalue weighted by molar-refractivity contribution is 0.101. The second-order valence-electron chi connectivity index (χ2n) is 4.54. The van der Waals surface area contributed by atoms with Crippen molar-refractivity contribution in [1.29, 1.82) is 0 Å². The highest BCUT2D eigenvalue weighted by Crippen LogP contribution is 2.24. The third kappa shape index (κ3) is 3.33. The van der Waals surface area contributed by atoms with Gasteiger partial charge >= 0.3 is 0 Å². The Morgan fingerprint density at radius 3 is 2.82 bits per heavy atom. The number of methoxy groups -OCH3 is 1. The zero-order valence-electron chi connectivity index (χ0n) is 11.9. The summed E-state index contributed by atoms with van der Waals surface area (Å²) in [6.45, 7) is 1.25. The molecule has 1 aromatic carbocycles. The fraction of sp³-hybridized carbons (Fsp3) is 0.200. The Kier molecular flexibility index (Phi) is 4.92. The van der Waals surface area contributed by atoms with E-state index in [1.807, 2.05) is 0 Å². The van der Waals surface area contributed by atoms with Gasteiger partial charge in [0.15, 0.2) is 5.78 Å². The van der Waals surface area contributed by atoms with E-state index in [0.29, 0.717) is 5.56 Å². The Morgan fingerprint density at radius 2 is 2.18 bits per heavy atom. The van der Waals surface area contributed by atoms with Crippen LogP contribution in [-0.4, -0.2) is 22.7 Å². The summed E-state index contributed by atoms with van der Waals surface area (Å²) in [7, 11) is 1.45. The fourth-order valence-corrected chi connectivity index (χ4v) is 2.18. The predicted molar refractivity (Wildman–Crippen MR) is 78.7 cm³/mol. The van der Waals surface area contributed by atoms with Crippen molar-refractivity contribution >= 4 is 23.5 Å². The van der Waals surface area contributed by atoms with E-state index in [1.165, 1.54) is 31.1 Å². The zero-order chi connectivity index (χ0) is 16.3. The van der Waals surface area contributed by atoms with Crippen LogP contribution >= 0.6 is 11.6 Å². The van der Waals surface area contributed by atoms with Gasteiger partial charge in [0.2, 0.25) is 0 Å². The number of benzene rings is 1. The van der Waals surface area contributed by atoms with Crippen molar-refractivity contribution in [3.8, 4) is 0 Å². The van der Waals surface area contributed by atoms with Gasteiger partial charge in [-0.15, -0.1) is 0 Å². The first kappa shape index (κ1) is 16.2. The summed E-state index contributed by atoms with van der Waals surface area (Å²) >= 11 is 6.18. The van der Waals surface area contributed by atoms with E-state index < -0.39 is 11.6 Å². The van der Waals surface area contributed by atoms with Crippen LogP contribution in [0.3, 0.4) is 0 Å². The number of ether oxygens (including phenoxy) is 1. The van der Waals surface area contributed by atoms with E-state index in [1.54, 1.807) is 0 Å². The number of Topliss-reactive ketones (excluding diaryl/α,β-unsaturated/α-hetero) is 1. The van der Waals surface area contributed by atoms with Crippen molar-refractivity contribution in [1.82, 2.24) is 9.78 Å². The van der Waals surface area contributed by atoms with E-state index >= 15 is 0 Å². The first-order valence-electron chi connectivity index (χ1n) is 6.34. The minimum absolute atomic E-state index is 0.0850. The molecule has 2 rings (SSSR count). The van der Waals surface area contributed by atoms with Crippen molar-refractivity contribution in [3.05, 3.63) is 58.1 Å². The zero-order valence-corrected chi connectivity index (χ0v) is 12.7. The Bertz CT molecular complexity index is 741. The molecular weight excluding hydrogens is 314 g/mol. The maximum absolute atomic E-state index is 13.7. The molecule has 7 heteroatoms. The number of aromatic nitrogens is 2. The van der Waals surface area contributed by atoms with Gasteiger partial charge in [-0.25, -0.2) is 13.5 Å². The lowest BCUT2D eigenvalue weighted by Gasteiger charge is -2.05. The highest BCUT2D eigenvalue weighted by atomic mass is 35.5. The second kappa shape index (κ2) is 6.70. The number of hydrogen-bond acceptors (Lipinski definition) is 3. The molecule has 0 bridgehead atoms. The minimum Gasteiger partial charge on any atom is -0.504 e. The summed E-state index contributed by atoms with van der Waals surface area (Å²) in [6.07, 6.45) is 2.84. The first-order valence-corrected chi connectivity index (χ1v) is 6.72. The molecule has 0 amide bonds. The molecule has 0 unspecified atom stereocenters. The van der Waals surface area contributed by atoms with Gasteiger partial charge in [0, 0.05) is 18.1 Å². The molecule has 116 valence electrons. The van der Waals surface area contributed by atoms with Crippen LogP contribution in [0.2, 0.25) is 5.15 Å². The molecule has 0 fully saturated rings. The Balaban J connectivity index is 2.45. The second-order valence-corrected chi connectivity index (χ2v) is 4.90. The molecule has 0 atom stereocenters. The van der Waals surface area contributed by atoms with E-state index in [9.17, 15) is 13.6 Å². The third-order valence-corrected chi connectivity index (χ3v) is 3.36. The van der Waals surface area contributed by atoms with Gasteiger partial charge in [0.25, 0.3) is 0 Å². The molecule has 2 aromatic rings. The van der Waals surface area contributed by atoms with Gasteiger partial charge in [0.1, 0.15) is 22.5 Å². The Morgan fingerprint density at radius 1 is 1.45 bits per heavy atom. The maximum atomic E-state index is 13.7. The van der Waals surface area contributed by atoms with Crippen LogP contribution in [0, 0.1) is 11.6 Å². The number of nitrogens with zero attached hydrogens (tertiary/aromatic N) is 2. The molecule has 22 heavy (non-hydrogen) atoms. The average Bonchev–Trinajstić information content (AvgIpc) is 2.78. The number of carbonyl (C=O) groups is 1. The number of ketones is 1. The molecule has 4 nitrogen and oxygen atoms in total. The third-order valence-electron chi connectivity index (χ3n) is 2.96. The summed E-state index contributed by atoms with van der Waals surface area (Å²) < 4.78 is 33.0. The van der Waals surface area contributed by atoms with Crippen molar-refractivity contribution < 1.29 is 18.3 Å². The average molecular weight is 327 g/mol. The summed E-state index contributed by atoms with van der Waals surface area (Å²) in [5, 5.41) is 4.21. The number of halogens is 3. The largest absolute Gasteiger partial charge is 0.504 e. The molecule has 1 heterocycles. The molecule has 0 aliphatic rings. The van der Waals surface area contributed by atoms with Crippen molar-refractivity contribution in [3.63, 3.8) is 0 Å². The van der Waals surface area contributed by atoms with Gasteiger partial charge in [-0.1, -0.05) is 11.6 Å². The van der Waals surface area contributed by atoms with Crippen molar-refractivity contribution in [2.24, 2.45) is 0 Å². The van der Waals surface area contributed by atoms with Gasteiger partial charge in [-0.3, -0.25) is 4.79 Å². The van der Waals surface area contributed by atoms with Gasteiger partial charge in [0.05, 0.1) is 19.9 Å². The highest BCUT2D eigenvalue weighted by Gasteiger charge is 2.18. The smallest absolute Gasteiger partial charge is 0.180 e. The molecular formula is C15H13ClF2N2O2. The molecule has 0 aliphatic heterocycles. The van der Waals surface area contributed by atoms with E-state index in [4.69, 9.17) is 16.3 Å². The lowest BCUT2D eigenvalue weighted by atomic mass is 10.2. The first-order chi connectivity index (χ1) is 10.4. The molecule has 0 saturated carbocycles. The Hall–Kier alpha value is -2.21. The van der Waals surface area contributed by atoms with Crippen LogP contribution < -0.4 is 0 Å². The van der Waals surface area contributed by atoms with E-state index in [0.717, 1.165) is 18.2 Å². The number of hydrogen-bond donors (Lipinski definition) is 0. The molecule has 0 saturated heterocycles. The topological polar surface area (TPSA) is 44.1 Å². The number of rotatable bonds is 5. The monoisotopic (exact) mass is 326 g/mol. The quantitative estimate of drug-likeness (QED) is 0.622. The van der Waals surface area contributed by atoms with Crippen molar-refractivity contribution in [2.45, 2.75) is 13.5 Å². The normalized spacial score (nSPS) is 11.1. The highest BCUT2D eigenvalue weighted by molar-refractivity contribution is 6.31. The van der Waals surface area contributed by atoms with Gasteiger partial charge in [-0.2, -0.15) is 5.10 Å².